The number of allylic oxidation sites excluding steroid dienone is 4. The highest BCUT2D eigenvalue weighted by molar-refractivity contribution is 5.72. The third kappa shape index (κ3) is 3.22. The maximum atomic E-state index is 11.3. The Morgan fingerprint density at radius 3 is 2.71 bits per heavy atom. The van der Waals surface area contributed by atoms with Crippen molar-refractivity contribution in [3.8, 4) is 0 Å². The quantitative estimate of drug-likeness (QED) is 0.548. The van der Waals surface area contributed by atoms with Gasteiger partial charge in [0.1, 0.15) is 0 Å². The van der Waals surface area contributed by atoms with Crippen LogP contribution in [0.15, 0.2) is 42.3 Å². The Hall–Kier alpha value is -1.90. The molecule has 166 valence electrons. The monoisotopic (exact) mass is 419 g/mol. The van der Waals surface area contributed by atoms with E-state index in [1.54, 1.807) is 5.57 Å². The lowest BCUT2D eigenvalue weighted by Crippen LogP contribution is -2.52. The van der Waals surface area contributed by atoms with Crippen LogP contribution in [0.3, 0.4) is 0 Å². The van der Waals surface area contributed by atoms with Crippen molar-refractivity contribution in [2.45, 2.75) is 72.1 Å². The van der Waals surface area contributed by atoms with Crippen molar-refractivity contribution in [2.24, 2.45) is 40.4 Å². The summed E-state index contributed by atoms with van der Waals surface area (Å²) in [4.78, 5) is 15.7. The maximum Gasteiger partial charge on any atom is 0.303 e. The smallest absolute Gasteiger partial charge is 0.303 e. The van der Waals surface area contributed by atoms with Crippen LogP contribution in [0.5, 0.6) is 0 Å². The minimum Gasteiger partial charge on any atom is -0.481 e. The topological polar surface area (TPSA) is 50.2 Å². The predicted molar refractivity (Wildman–Crippen MR) is 124 cm³/mol. The molecule has 3 nitrogen and oxygen atoms in total. The van der Waals surface area contributed by atoms with Crippen molar-refractivity contribution in [3.63, 3.8) is 0 Å². The number of carbonyl (C=O) groups is 1. The number of hydrogen-bond acceptors (Lipinski definition) is 2. The van der Waals surface area contributed by atoms with E-state index in [0.29, 0.717) is 24.2 Å². The molecule has 3 heteroatoms. The van der Waals surface area contributed by atoms with Crippen molar-refractivity contribution in [1.29, 1.82) is 0 Å². The molecule has 7 atom stereocenters. The second kappa shape index (κ2) is 7.60. The largest absolute Gasteiger partial charge is 0.481 e. The van der Waals surface area contributed by atoms with Gasteiger partial charge < -0.3 is 5.11 Å². The van der Waals surface area contributed by atoms with Gasteiger partial charge in [0.2, 0.25) is 0 Å². The Balaban J connectivity index is 1.48. The molecule has 2 fully saturated rings. The predicted octanol–water partition coefficient (Wildman–Crippen LogP) is 6.76. The summed E-state index contributed by atoms with van der Waals surface area (Å²) in [6.07, 6.45) is 17.6. The summed E-state index contributed by atoms with van der Waals surface area (Å²) in [5, 5.41) is 9.33. The molecule has 0 aromatic carbocycles. The van der Waals surface area contributed by atoms with Gasteiger partial charge in [-0.15, -0.1) is 0 Å². The molecule has 2 unspecified atom stereocenters. The zero-order chi connectivity index (χ0) is 21.8. The molecule has 0 saturated heterocycles. The van der Waals surface area contributed by atoms with Gasteiger partial charge in [0.15, 0.2) is 0 Å². The van der Waals surface area contributed by atoms with Gasteiger partial charge >= 0.3 is 5.97 Å². The highest BCUT2D eigenvalue weighted by atomic mass is 16.4. The van der Waals surface area contributed by atoms with E-state index in [2.05, 4.69) is 50.0 Å². The number of hydrogen-bond donors (Lipinski definition) is 1. The summed E-state index contributed by atoms with van der Waals surface area (Å²) in [6.45, 7) is 7.40. The van der Waals surface area contributed by atoms with Gasteiger partial charge in [0, 0.05) is 18.8 Å². The molecule has 5 rings (SSSR count). The lowest BCUT2D eigenvalue weighted by molar-refractivity contribution is -0.138. The highest BCUT2D eigenvalue weighted by Gasteiger charge is 2.58. The van der Waals surface area contributed by atoms with Gasteiger partial charge in [-0.25, -0.2) is 0 Å². The van der Waals surface area contributed by atoms with Crippen molar-refractivity contribution >= 4 is 11.5 Å². The normalized spacial score (nSPS) is 41.5. The summed E-state index contributed by atoms with van der Waals surface area (Å²) in [5.74, 6) is 2.50. The summed E-state index contributed by atoms with van der Waals surface area (Å²) in [7, 11) is 0. The number of nitrogens with zero attached hydrogens (tertiary/aromatic N) is 1. The number of rotatable bonds is 4. The Labute approximate surface area is 187 Å². The van der Waals surface area contributed by atoms with Crippen molar-refractivity contribution in [1.82, 2.24) is 4.98 Å². The second-order valence-corrected chi connectivity index (χ2v) is 11.2. The van der Waals surface area contributed by atoms with Gasteiger partial charge in [-0.3, -0.25) is 9.78 Å². The van der Waals surface area contributed by atoms with E-state index in [1.165, 1.54) is 43.2 Å². The molecule has 4 aliphatic rings. The van der Waals surface area contributed by atoms with E-state index in [4.69, 9.17) is 0 Å². The van der Waals surface area contributed by atoms with Crippen molar-refractivity contribution in [3.05, 3.63) is 47.8 Å². The molecule has 0 radical (unpaired) electrons. The fourth-order valence-corrected chi connectivity index (χ4v) is 8.25. The SMILES string of the molecule is CCC1C=C2CC(CC(=O)O)CC[C@]2(C)[C@@H]2CC[C@]3(C)C(c4cccnc4)=CC[C@H]3[C@H]12. The van der Waals surface area contributed by atoms with Crippen LogP contribution in [-0.4, -0.2) is 16.1 Å². The zero-order valence-electron chi connectivity index (χ0n) is 19.3. The Morgan fingerprint density at radius 2 is 2.00 bits per heavy atom. The Morgan fingerprint density at radius 1 is 1.19 bits per heavy atom. The van der Waals surface area contributed by atoms with Gasteiger partial charge in [-0.1, -0.05) is 44.6 Å². The van der Waals surface area contributed by atoms with E-state index in [0.717, 1.165) is 24.7 Å². The molecule has 0 bridgehead atoms. The number of carboxylic acid groups (broad SMARTS) is 1. The van der Waals surface area contributed by atoms with Crippen LogP contribution in [0.25, 0.3) is 5.57 Å². The first kappa shape index (κ1) is 21.0. The van der Waals surface area contributed by atoms with Gasteiger partial charge in [0.05, 0.1) is 0 Å². The van der Waals surface area contributed by atoms with E-state index in [1.807, 2.05) is 12.4 Å². The van der Waals surface area contributed by atoms with Crippen LogP contribution < -0.4 is 0 Å². The van der Waals surface area contributed by atoms with Crippen LogP contribution >= 0.6 is 0 Å². The number of fused-ring (bicyclic) bond motifs is 5. The molecule has 0 spiro atoms. The molecule has 1 N–H and O–H groups in total. The number of aliphatic carboxylic acids is 1. The molecule has 2 saturated carbocycles. The zero-order valence-corrected chi connectivity index (χ0v) is 19.3. The fourth-order valence-electron chi connectivity index (χ4n) is 8.25. The fraction of sp³-hybridized carbons (Fsp3) is 0.643. The van der Waals surface area contributed by atoms with Crippen LogP contribution in [0.2, 0.25) is 0 Å². The Kier molecular flexibility index (Phi) is 5.14. The molecule has 0 aliphatic heterocycles. The van der Waals surface area contributed by atoms with Gasteiger partial charge in [0.25, 0.3) is 0 Å². The first-order valence-electron chi connectivity index (χ1n) is 12.4. The number of aromatic nitrogens is 1. The summed E-state index contributed by atoms with van der Waals surface area (Å²) >= 11 is 0. The molecule has 0 amide bonds. The average molecular weight is 420 g/mol. The molecule has 4 aliphatic carbocycles. The molecular weight excluding hydrogens is 382 g/mol. The van der Waals surface area contributed by atoms with Crippen LogP contribution in [0.1, 0.15) is 77.7 Å². The lowest BCUT2D eigenvalue weighted by Gasteiger charge is -2.60. The molecule has 1 aromatic heterocycles. The summed E-state index contributed by atoms with van der Waals surface area (Å²) < 4.78 is 0. The van der Waals surface area contributed by atoms with Crippen LogP contribution in [-0.2, 0) is 4.79 Å². The summed E-state index contributed by atoms with van der Waals surface area (Å²) in [6, 6.07) is 4.30. The van der Waals surface area contributed by atoms with E-state index >= 15 is 0 Å². The molecule has 1 heterocycles. The highest BCUT2D eigenvalue weighted by Crippen LogP contribution is 2.68. The standard InChI is InChI=1S/C28H37NO2/c1-4-19-16-21-14-18(15-25(30)31)9-11-27(21,2)24-10-12-28(3)22(7-8-23(28)26(19)24)20-6-5-13-29-17-20/h5-7,13,16-19,23-24,26H,4,8-12,14-15H2,1-3H3,(H,30,31)/t18?,19?,23-,24+,26-,27-,28+/m0/s1. The lowest BCUT2D eigenvalue weighted by atomic mass is 9.44. The van der Waals surface area contributed by atoms with Gasteiger partial charge in [-0.05, 0) is 103 Å². The van der Waals surface area contributed by atoms with E-state index in [9.17, 15) is 9.90 Å². The van der Waals surface area contributed by atoms with Crippen molar-refractivity contribution in [2.75, 3.05) is 0 Å². The third-order valence-electron chi connectivity index (χ3n) is 9.86. The molecule has 31 heavy (non-hydrogen) atoms. The minimum absolute atomic E-state index is 0.250. The number of pyridine rings is 1. The van der Waals surface area contributed by atoms with E-state index in [-0.39, 0.29) is 10.8 Å². The summed E-state index contributed by atoms with van der Waals surface area (Å²) in [5.41, 5.74) is 4.96. The first-order valence-corrected chi connectivity index (χ1v) is 12.4. The van der Waals surface area contributed by atoms with Gasteiger partial charge in [-0.2, -0.15) is 0 Å². The second-order valence-electron chi connectivity index (χ2n) is 11.2. The van der Waals surface area contributed by atoms with Crippen LogP contribution in [0, 0.1) is 40.4 Å². The van der Waals surface area contributed by atoms with Crippen LogP contribution in [0.4, 0.5) is 0 Å². The van der Waals surface area contributed by atoms with Crippen molar-refractivity contribution < 1.29 is 9.90 Å². The van der Waals surface area contributed by atoms with E-state index < -0.39 is 5.97 Å². The maximum absolute atomic E-state index is 11.3. The molecular formula is C28H37NO2. The average Bonchev–Trinajstić information content (AvgIpc) is 3.11. The number of carboxylic acids is 1. The first-order chi connectivity index (χ1) is 14.9. The minimum atomic E-state index is -0.636. The molecule has 1 aromatic rings. The Bertz CT molecular complexity index is 918. The third-order valence-corrected chi connectivity index (χ3v) is 9.86.